The Bertz CT molecular complexity index is 603. The number of ether oxygens (including phenoxy) is 1. The van der Waals surface area contributed by atoms with Crippen LogP contribution in [0.2, 0.25) is 0 Å². The predicted octanol–water partition coefficient (Wildman–Crippen LogP) is 3.81. The van der Waals surface area contributed by atoms with Crippen LogP contribution in [-0.4, -0.2) is 11.1 Å². The molecular formula is C18H18O3. The van der Waals surface area contributed by atoms with Gasteiger partial charge in [0.15, 0.2) is 0 Å². The first-order valence-corrected chi connectivity index (χ1v) is 7.16. The van der Waals surface area contributed by atoms with E-state index in [0.717, 1.165) is 11.1 Å². The van der Waals surface area contributed by atoms with Crippen LogP contribution in [0.15, 0.2) is 60.7 Å². The van der Waals surface area contributed by atoms with E-state index < -0.39 is 17.5 Å². The Kier molecular flexibility index (Phi) is 3.76. The highest BCUT2D eigenvalue weighted by Crippen LogP contribution is 2.57. The summed E-state index contributed by atoms with van der Waals surface area (Å²) in [7, 11) is 0. The summed E-state index contributed by atoms with van der Waals surface area (Å²) in [6.45, 7) is 0.426. The molecule has 0 spiro atoms. The normalized spacial score (nSPS) is 17.1. The number of carboxylic acids is 1. The van der Waals surface area contributed by atoms with Gasteiger partial charge in [-0.2, -0.15) is 0 Å². The van der Waals surface area contributed by atoms with Crippen LogP contribution in [0.3, 0.4) is 0 Å². The van der Waals surface area contributed by atoms with Gasteiger partial charge in [0.25, 0.3) is 0 Å². The van der Waals surface area contributed by atoms with Crippen molar-refractivity contribution in [2.75, 3.05) is 0 Å². The Hall–Kier alpha value is -2.13. The Labute approximate surface area is 124 Å². The van der Waals surface area contributed by atoms with Gasteiger partial charge in [0, 0.05) is 0 Å². The van der Waals surface area contributed by atoms with Crippen molar-refractivity contribution < 1.29 is 14.6 Å². The minimum absolute atomic E-state index is 0.392. The van der Waals surface area contributed by atoms with Crippen molar-refractivity contribution in [3.05, 3.63) is 71.8 Å². The third-order valence-electron chi connectivity index (χ3n) is 4.08. The summed E-state index contributed by atoms with van der Waals surface area (Å²) in [6.07, 6.45) is 0.962. The average molecular weight is 282 g/mol. The van der Waals surface area contributed by atoms with Crippen LogP contribution in [0.4, 0.5) is 0 Å². The van der Waals surface area contributed by atoms with E-state index in [1.54, 1.807) is 0 Å². The van der Waals surface area contributed by atoms with E-state index in [2.05, 4.69) is 0 Å². The summed E-state index contributed by atoms with van der Waals surface area (Å²) < 4.78 is 6.02. The molecule has 3 nitrogen and oxygen atoms in total. The highest BCUT2D eigenvalue weighted by Gasteiger charge is 2.57. The first-order valence-electron chi connectivity index (χ1n) is 7.16. The van der Waals surface area contributed by atoms with Gasteiger partial charge in [-0.25, -0.2) is 0 Å². The topological polar surface area (TPSA) is 46.5 Å². The summed E-state index contributed by atoms with van der Waals surface area (Å²) in [5, 5.41) is 9.55. The van der Waals surface area contributed by atoms with Gasteiger partial charge in [0.2, 0.25) is 0 Å². The Morgan fingerprint density at radius 2 is 1.62 bits per heavy atom. The van der Waals surface area contributed by atoms with Crippen LogP contribution in [0.1, 0.15) is 30.1 Å². The van der Waals surface area contributed by atoms with E-state index >= 15 is 0 Å². The average Bonchev–Trinajstić information content (AvgIpc) is 3.31. The van der Waals surface area contributed by atoms with Crippen LogP contribution in [0.25, 0.3) is 0 Å². The Morgan fingerprint density at radius 1 is 1.05 bits per heavy atom. The molecule has 108 valence electrons. The van der Waals surface area contributed by atoms with Crippen molar-refractivity contribution in [3.63, 3.8) is 0 Å². The third-order valence-corrected chi connectivity index (χ3v) is 4.08. The molecule has 1 unspecified atom stereocenters. The van der Waals surface area contributed by atoms with Gasteiger partial charge < -0.3 is 9.84 Å². The van der Waals surface area contributed by atoms with Gasteiger partial charge in [0.1, 0.15) is 0 Å². The van der Waals surface area contributed by atoms with Crippen molar-refractivity contribution >= 4 is 5.97 Å². The van der Waals surface area contributed by atoms with E-state index in [0.29, 0.717) is 19.4 Å². The molecule has 0 saturated heterocycles. The van der Waals surface area contributed by atoms with Gasteiger partial charge in [-0.15, -0.1) is 0 Å². The maximum Gasteiger partial charge on any atom is 0.312 e. The van der Waals surface area contributed by atoms with E-state index in [-0.39, 0.29) is 0 Å². The quantitative estimate of drug-likeness (QED) is 0.876. The summed E-state index contributed by atoms with van der Waals surface area (Å²) in [4.78, 5) is 11.6. The molecular weight excluding hydrogens is 264 g/mol. The molecule has 2 aromatic carbocycles. The molecule has 0 aromatic heterocycles. The molecule has 0 aliphatic heterocycles. The maximum absolute atomic E-state index is 11.6. The van der Waals surface area contributed by atoms with Gasteiger partial charge in [-0.3, -0.25) is 4.79 Å². The van der Waals surface area contributed by atoms with Crippen molar-refractivity contribution in [1.82, 2.24) is 0 Å². The molecule has 1 N–H and O–H groups in total. The molecule has 21 heavy (non-hydrogen) atoms. The molecule has 1 saturated carbocycles. The van der Waals surface area contributed by atoms with Crippen molar-refractivity contribution in [3.8, 4) is 0 Å². The second kappa shape index (κ2) is 5.70. The fourth-order valence-electron chi connectivity index (χ4n) is 2.68. The molecule has 2 aromatic rings. The minimum Gasteiger partial charge on any atom is -0.481 e. The summed E-state index contributed by atoms with van der Waals surface area (Å²) in [6, 6.07) is 19.5. The molecule has 1 aliphatic carbocycles. The second-order valence-electron chi connectivity index (χ2n) is 5.55. The standard InChI is InChI=1S/C18H18O3/c19-17(20)18(11-12-18)16(15-9-5-2-6-10-15)21-13-14-7-3-1-4-8-14/h1-10,16H,11-13H2,(H,19,20). The molecule has 0 radical (unpaired) electrons. The van der Waals surface area contributed by atoms with Crippen molar-refractivity contribution in [2.45, 2.75) is 25.6 Å². The highest BCUT2D eigenvalue weighted by molar-refractivity contribution is 5.79. The SMILES string of the molecule is O=C(O)C1(C(OCc2ccccc2)c2ccccc2)CC1. The highest BCUT2D eigenvalue weighted by atomic mass is 16.5. The van der Waals surface area contributed by atoms with Gasteiger partial charge >= 0.3 is 5.97 Å². The summed E-state index contributed by atoms with van der Waals surface area (Å²) >= 11 is 0. The maximum atomic E-state index is 11.6. The largest absolute Gasteiger partial charge is 0.481 e. The van der Waals surface area contributed by atoms with Crippen molar-refractivity contribution in [1.29, 1.82) is 0 Å². The molecule has 1 fully saturated rings. The van der Waals surface area contributed by atoms with E-state index in [4.69, 9.17) is 4.74 Å². The lowest BCUT2D eigenvalue weighted by Gasteiger charge is -2.24. The number of aliphatic carboxylic acids is 1. The van der Waals surface area contributed by atoms with Crippen LogP contribution in [0.5, 0.6) is 0 Å². The smallest absolute Gasteiger partial charge is 0.312 e. The van der Waals surface area contributed by atoms with Crippen molar-refractivity contribution in [2.24, 2.45) is 5.41 Å². The number of hydrogen-bond acceptors (Lipinski definition) is 2. The monoisotopic (exact) mass is 282 g/mol. The molecule has 3 rings (SSSR count). The molecule has 1 aliphatic rings. The van der Waals surface area contributed by atoms with Crippen LogP contribution in [-0.2, 0) is 16.1 Å². The van der Waals surface area contributed by atoms with Crippen LogP contribution >= 0.6 is 0 Å². The number of carbonyl (C=O) groups is 1. The number of carboxylic acid groups (broad SMARTS) is 1. The number of benzene rings is 2. The molecule has 1 atom stereocenters. The Balaban J connectivity index is 1.82. The lowest BCUT2D eigenvalue weighted by atomic mass is 9.92. The number of rotatable bonds is 6. The van der Waals surface area contributed by atoms with E-state index in [1.165, 1.54) is 0 Å². The molecule has 0 amide bonds. The fourth-order valence-corrected chi connectivity index (χ4v) is 2.68. The minimum atomic E-state index is -0.760. The molecule has 3 heteroatoms. The van der Waals surface area contributed by atoms with Gasteiger partial charge in [-0.1, -0.05) is 60.7 Å². The zero-order valence-corrected chi connectivity index (χ0v) is 11.7. The predicted molar refractivity (Wildman–Crippen MR) is 79.7 cm³/mol. The molecule has 0 bridgehead atoms. The first kappa shape index (κ1) is 13.8. The van der Waals surface area contributed by atoms with E-state index in [1.807, 2.05) is 60.7 Å². The first-order chi connectivity index (χ1) is 10.2. The lowest BCUT2D eigenvalue weighted by molar-refractivity contribution is -0.151. The number of hydrogen-bond donors (Lipinski definition) is 1. The van der Waals surface area contributed by atoms with Crippen LogP contribution < -0.4 is 0 Å². The third kappa shape index (κ3) is 2.83. The Morgan fingerprint density at radius 3 is 2.14 bits per heavy atom. The van der Waals surface area contributed by atoms with Gasteiger partial charge in [-0.05, 0) is 24.0 Å². The molecule has 0 heterocycles. The summed E-state index contributed by atoms with van der Waals surface area (Å²) in [5.41, 5.74) is 1.24. The van der Waals surface area contributed by atoms with E-state index in [9.17, 15) is 9.90 Å². The summed E-state index contributed by atoms with van der Waals surface area (Å²) in [5.74, 6) is -0.760. The van der Waals surface area contributed by atoms with Crippen LogP contribution in [0, 0.1) is 5.41 Å². The lowest BCUT2D eigenvalue weighted by Crippen LogP contribution is -2.26. The zero-order valence-electron chi connectivity index (χ0n) is 11.7. The second-order valence-corrected chi connectivity index (χ2v) is 5.55. The fraction of sp³-hybridized carbons (Fsp3) is 0.278. The van der Waals surface area contributed by atoms with Gasteiger partial charge in [0.05, 0.1) is 18.1 Å². The zero-order chi connectivity index (χ0) is 14.7.